The number of carbonyl (C=O) groups excluding carboxylic acids is 1. The van der Waals surface area contributed by atoms with Gasteiger partial charge in [0.25, 0.3) is 5.91 Å². The molecule has 1 amide bonds. The minimum atomic E-state index is -0.258. The maximum atomic E-state index is 12.1. The van der Waals surface area contributed by atoms with Gasteiger partial charge in [-0.3, -0.25) is 9.89 Å². The molecule has 24 heavy (non-hydrogen) atoms. The standard InChI is InChI=1S/C16H16IN5O2/c1-10-3-4-14(11(2)5-10)24-9-22-8-12(6-19-22)20-16(23)15-13(17)7-18-21-15/h3-8H,9H2,1-2H3,(H,18,21)(H,20,23). The maximum Gasteiger partial charge on any atom is 0.274 e. The Hall–Kier alpha value is -2.36. The zero-order valence-electron chi connectivity index (χ0n) is 13.2. The number of hydrogen-bond acceptors (Lipinski definition) is 4. The summed E-state index contributed by atoms with van der Waals surface area (Å²) in [6.45, 7) is 4.31. The summed E-state index contributed by atoms with van der Waals surface area (Å²) in [5.74, 6) is 0.556. The number of aromatic nitrogens is 4. The van der Waals surface area contributed by atoms with E-state index in [0.717, 1.165) is 14.9 Å². The van der Waals surface area contributed by atoms with Gasteiger partial charge in [0.1, 0.15) is 11.4 Å². The SMILES string of the molecule is Cc1ccc(OCn2cc(NC(=O)c3[nH]ncc3I)cn2)c(C)c1. The Bertz CT molecular complexity index is 871. The lowest BCUT2D eigenvalue weighted by Gasteiger charge is -2.09. The van der Waals surface area contributed by atoms with Crippen LogP contribution in [0.3, 0.4) is 0 Å². The van der Waals surface area contributed by atoms with Crippen LogP contribution in [0.4, 0.5) is 5.69 Å². The summed E-state index contributed by atoms with van der Waals surface area (Å²) in [6.07, 6.45) is 4.88. The summed E-state index contributed by atoms with van der Waals surface area (Å²) >= 11 is 2.05. The first-order valence-electron chi connectivity index (χ1n) is 7.25. The molecule has 0 radical (unpaired) electrons. The van der Waals surface area contributed by atoms with Crippen molar-refractivity contribution in [1.29, 1.82) is 0 Å². The molecule has 2 N–H and O–H groups in total. The molecule has 3 rings (SSSR count). The third-order valence-electron chi connectivity index (χ3n) is 3.39. The van der Waals surface area contributed by atoms with Crippen LogP contribution in [0.5, 0.6) is 5.75 Å². The van der Waals surface area contributed by atoms with E-state index in [9.17, 15) is 4.79 Å². The third kappa shape index (κ3) is 3.75. The molecule has 1 aromatic carbocycles. The van der Waals surface area contributed by atoms with Gasteiger partial charge in [-0.15, -0.1) is 0 Å². The lowest BCUT2D eigenvalue weighted by atomic mass is 10.1. The minimum Gasteiger partial charge on any atom is -0.471 e. The van der Waals surface area contributed by atoms with Crippen LogP contribution in [0.25, 0.3) is 0 Å². The van der Waals surface area contributed by atoms with Crippen molar-refractivity contribution in [2.45, 2.75) is 20.6 Å². The molecule has 8 heteroatoms. The predicted octanol–water partition coefficient (Wildman–Crippen LogP) is 3.12. The normalized spacial score (nSPS) is 10.6. The second-order valence-electron chi connectivity index (χ2n) is 5.36. The molecule has 0 atom stereocenters. The van der Waals surface area contributed by atoms with Crippen LogP contribution in [0.1, 0.15) is 21.6 Å². The molecule has 0 bridgehead atoms. The van der Waals surface area contributed by atoms with Gasteiger partial charge in [0.05, 0.1) is 27.8 Å². The van der Waals surface area contributed by atoms with Gasteiger partial charge in [-0.2, -0.15) is 10.2 Å². The summed E-state index contributed by atoms with van der Waals surface area (Å²) in [6, 6.07) is 6.01. The highest BCUT2D eigenvalue weighted by Gasteiger charge is 2.13. The van der Waals surface area contributed by atoms with Crippen molar-refractivity contribution in [2.24, 2.45) is 0 Å². The number of benzene rings is 1. The van der Waals surface area contributed by atoms with Crippen molar-refractivity contribution in [3.05, 3.63) is 57.2 Å². The Balaban J connectivity index is 1.61. The Labute approximate surface area is 152 Å². The van der Waals surface area contributed by atoms with E-state index in [1.165, 1.54) is 5.56 Å². The maximum absolute atomic E-state index is 12.1. The average Bonchev–Trinajstić information content (AvgIpc) is 3.15. The van der Waals surface area contributed by atoms with E-state index in [0.29, 0.717) is 11.4 Å². The molecule has 0 spiro atoms. The Morgan fingerprint density at radius 2 is 2.21 bits per heavy atom. The van der Waals surface area contributed by atoms with E-state index in [4.69, 9.17) is 4.74 Å². The summed E-state index contributed by atoms with van der Waals surface area (Å²) in [7, 11) is 0. The van der Waals surface area contributed by atoms with Crippen LogP contribution in [0, 0.1) is 17.4 Å². The predicted molar refractivity (Wildman–Crippen MR) is 98.0 cm³/mol. The number of carbonyl (C=O) groups is 1. The number of ether oxygens (including phenoxy) is 1. The van der Waals surface area contributed by atoms with Crippen LogP contribution in [-0.2, 0) is 6.73 Å². The minimum absolute atomic E-state index is 0.258. The molecule has 0 aliphatic carbocycles. The van der Waals surface area contributed by atoms with Crippen LogP contribution in [-0.4, -0.2) is 25.9 Å². The molecule has 3 aromatic rings. The van der Waals surface area contributed by atoms with Gasteiger partial charge in [0.15, 0.2) is 6.73 Å². The van der Waals surface area contributed by atoms with E-state index in [-0.39, 0.29) is 12.6 Å². The Kier molecular flexibility index (Phi) is 4.84. The molecule has 0 aliphatic rings. The fourth-order valence-electron chi connectivity index (χ4n) is 2.22. The number of hydrogen-bond donors (Lipinski definition) is 2. The molecule has 2 aromatic heterocycles. The first kappa shape index (κ1) is 16.5. The van der Waals surface area contributed by atoms with E-state index < -0.39 is 0 Å². The zero-order chi connectivity index (χ0) is 17.1. The van der Waals surface area contributed by atoms with Crippen LogP contribution < -0.4 is 10.1 Å². The highest BCUT2D eigenvalue weighted by atomic mass is 127. The number of nitrogens with one attached hydrogen (secondary N) is 2. The number of amides is 1. The number of nitrogens with zero attached hydrogens (tertiary/aromatic N) is 3. The van der Waals surface area contributed by atoms with Crippen molar-refractivity contribution in [3.63, 3.8) is 0 Å². The summed E-state index contributed by atoms with van der Waals surface area (Å²) in [4.78, 5) is 12.1. The molecule has 7 nitrogen and oxygen atoms in total. The summed E-state index contributed by atoms with van der Waals surface area (Å²) in [5.41, 5.74) is 3.28. The molecule has 0 aliphatic heterocycles. The third-order valence-corrected chi connectivity index (χ3v) is 4.21. The van der Waals surface area contributed by atoms with Gasteiger partial charge in [-0.1, -0.05) is 17.7 Å². The highest BCUT2D eigenvalue weighted by Crippen LogP contribution is 2.19. The van der Waals surface area contributed by atoms with Gasteiger partial charge in [0.2, 0.25) is 0 Å². The van der Waals surface area contributed by atoms with Crippen LogP contribution in [0.15, 0.2) is 36.8 Å². The number of halogens is 1. The number of anilines is 1. The van der Waals surface area contributed by atoms with Gasteiger partial charge in [-0.25, -0.2) is 4.68 Å². The first-order valence-corrected chi connectivity index (χ1v) is 8.33. The van der Waals surface area contributed by atoms with E-state index in [2.05, 4.69) is 26.7 Å². The fourth-order valence-corrected chi connectivity index (χ4v) is 2.72. The molecular weight excluding hydrogens is 421 g/mol. The lowest BCUT2D eigenvalue weighted by molar-refractivity contribution is 0.102. The monoisotopic (exact) mass is 437 g/mol. The summed E-state index contributed by atoms with van der Waals surface area (Å²) in [5, 5.41) is 13.5. The zero-order valence-corrected chi connectivity index (χ0v) is 15.4. The van der Waals surface area contributed by atoms with Crippen molar-refractivity contribution >= 4 is 34.2 Å². The molecule has 124 valence electrons. The Morgan fingerprint density at radius 1 is 1.38 bits per heavy atom. The second kappa shape index (κ2) is 7.04. The van der Waals surface area contributed by atoms with Gasteiger partial charge < -0.3 is 10.1 Å². The number of aryl methyl sites for hydroxylation is 2. The van der Waals surface area contributed by atoms with Crippen molar-refractivity contribution in [1.82, 2.24) is 20.0 Å². The van der Waals surface area contributed by atoms with Gasteiger partial charge in [-0.05, 0) is 48.1 Å². The largest absolute Gasteiger partial charge is 0.471 e. The second-order valence-corrected chi connectivity index (χ2v) is 6.52. The molecule has 0 fully saturated rings. The van der Waals surface area contributed by atoms with Gasteiger partial charge >= 0.3 is 0 Å². The van der Waals surface area contributed by atoms with Crippen LogP contribution >= 0.6 is 22.6 Å². The quantitative estimate of drug-likeness (QED) is 0.601. The topological polar surface area (TPSA) is 84.8 Å². The molecular formula is C16H16IN5O2. The highest BCUT2D eigenvalue weighted by molar-refractivity contribution is 14.1. The smallest absolute Gasteiger partial charge is 0.274 e. The van der Waals surface area contributed by atoms with E-state index in [1.807, 2.05) is 48.6 Å². The fraction of sp³-hybridized carbons (Fsp3) is 0.188. The first-order chi connectivity index (χ1) is 11.5. The van der Waals surface area contributed by atoms with E-state index in [1.54, 1.807) is 23.3 Å². The van der Waals surface area contributed by atoms with Crippen LogP contribution in [0.2, 0.25) is 0 Å². The average molecular weight is 437 g/mol. The summed E-state index contributed by atoms with van der Waals surface area (Å²) < 4.78 is 8.14. The molecule has 2 heterocycles. The number of aromatic amines is 1. The molecule has 0 saturated heterocycles. The van der Waals surface area contributed by atoms with E-state index >= 15 is 0 Å². The molecule has 0 saturated carbocycles. The van der Waals surface area contributed by atoms with Crippen molar-refractivity contribution in [2.75, 3.05) is 5.32 Å². The number of H-pyrrole nitrogens is 1. The number of rotatable bonds is 5. The molecule has 0 unspecified atom stereocenters. The lowest BCUT2D eigenvalue weighted by Crippen LogP contribution is -2.13. The Morgan fingerprint density at radius 3 is 2.92 bits per heavy atom. The van der Waals surface area contributed by atoms with Gasteiger partial charge in [0, 0.05) is 0 Å². The van der Waals surface area contributed by atoms with Crippen molar-refractivity contribution < 1.29 is 9.53 Å². The van der Waals surface area contributed by atoms with Crippen molar-refractivity contribution in [3.8, 4) is 5.75 Å².